The van der Waals surface area contributed by atoms with Gasteiger partial charge >= 0.3 is 0 Å². The fourth-order valence-electron chi connectivity index (χ4n) is 4.96. The van der Waals surface area contributed by atoms with E-state index in [1.165, 1.54) is 28.3 Å². The number of benzene rings is 3. The third kappa shape index (κ3) is 3.35. The van der Waals surface area contributed by atoms with Crippen LogP contribution in [0.25, 0.3) is 27.5 Å². The Morgan fingerprint density at radius 2 is 1.76 bits per heavy atom. The van der Waals surface area contributed by atoms with Crippen LogP contribution in [0.4, 0.5) is 0 Å². The molecule has 0 saturated heterocycles. The minimum atomic E-state index is 0.144. The smallest absolute Gasteiger partial charge is 0.173 e. The third-order valence-electron chi connectivity index (χ3n) is 6.45. The van der Waals surface area contributed by atoms with Crippen molar-refractivity contribution in [1.82, 2.24) is 14.6 Å². The summed E-state index contributed by atoms with van der Waals surface area (Å²) in [7, 11) is 0. The summed E-state index contributed by atoms with van der Waals surface area (Å²) in [6.07, 6.45) is 2.13. The van der Waals surface area contributed by atoms with Crippen molar-refractivity contribution in [3.8, 4) is 11.1 Å². The fraction of sp³-hybridized carbons (Fsp3) is 0.179. The van der Waals surface area contributed by atoms with Crippen LogP contribution in [0.3, 0.4) is 0 Å². The lowest BCUT2D eigenvalue weighted by Crippen LogP contribution is -2.06. The first kappa shape index (κ1) is 20.2. The zero-order chi connectivity index (χ0) is 22.5. The first-order valence-corrected chi connectivity index (χ1v) is 12.2. The van der Waals surface area contributed by atoms with Crippen LogP contribution >= 0.6 is 11.8 Å². The molecular formula is C28H23N3OS. The highest BCUT2D eigenvalue weighted by atomic mass is 32.2. The largest absolute Gasteiger partial charge is 0.293 e. The third-order valence-corrected chi connectivity index (χ3v) is 7.44. The molecule has 2 heterocycles. The summed E-state index contributed by atoms with van der Waals surface area (Å²) in [5, 5.41) is 8.09. The Balaban J connectivity index is 1.36. The van der Waals surface area contributed by atoms with Crippen molar-refractivity contribution in [1.29, 1.82) is 0 Å². The van der Waals surface area contributed by atoms with Crippen molar-refractivity contribution in [2.24, 2.45) is 0 Å². The topological polar surface area (TPSA) is 47.3 Å². The Kier molecular flexibility index (Phi) is 4.80. The van der Waals surface area contributed by atoms with E-state index >= 15 is 0 Å². The molecule has 5 heteroatoms. The van der Waals surface area contributed by atoms with Crippen molar-refractivity contribution in [3.05, 3.63) is 94.8 Å². The summed E-state index contributed by atoms with van der Waals surface area (Å²) < 4.78 is 1.89. The molecule has 1 aliphatic carbocycles. The summed E-state index contributed by atoms with van der Waals surface area (Å²) in [5.74, 6) is 0.502. The Morgan fingerprint density at radius 3 is 2.58 bits per heavy atom. The molecule has 4 nitrogen and oxygen atoms in total. The van der Waals surface area contributed by atoms with Gasteiger partial charge in [-0.2, -0.15) is 5.10 Å². The van der Waals surface area contributed by atoms with E-state index in [1.54, 1.807) is 0 Å². The summed E-state index contributed by atoms with van der Waals surface area (Å²) >= 11 is 1.53. The fourth-order valence-corrected chi connectivity index (χ4v) is 5.90. The van der Waals surface area contributed by atoms with Gasteiger partial charge in [-0.15, -0.1) is 0 Å². The maximum absolute atomic E-state index is 13.3. The molecule has 0 fully saturated rings. The van der Waals surface area contributed by atoms with Gasteiger partial charge in [0.25, 0.3) is 0 Å². The quantitative estimate of drug-likeness (QED) is 0.181. The molecule has 33 heavy (non-hydrogen) atoms. The van der Waals surface area contributed by atoms with Crippen molar-refractivity contribution in [2.45, 2.75) is 31.7 Å². The number of hydrogen-bond donors (Lipinski definition) is 0. The lowest BCUT2D eigenvalue weighted by Gasteiger charge is -2.09. The van der Waals surface area contributed by atoms with E-state index in [0.717, 1.165) is 57.0 Å². The minimum Gasteiger partial charge on any atom is -0.293 e. The van der Waals surface area contributed by atoms with Crippen molar-refractivity contribution < 1.29 is 4.79 Å². The maximum atomic E-state index is 13.3. The molecule has 0 radical (unpaired) electrons. The number of aryl methyl sites for hydroxylation is 4. The number of hydrogen-bond acceptors (Lipinski definition) is 4. The Morgan fingerprint density at radius 1 is 0.970 bits per heavy atom. The van der Waals surface area contributed by atoms with Crippen LogP contribution in [0.1, 0.15) is 32.9 Å². The normalized spacial score (nSPS) is 12.7. The summed E-state index contributed by atoms with van der Waals surface area (Å²) in [6, 6.07) is 22.7. The van der Waals surface area contributed by atoms with Crippen molar-refractivity contribution in [2.75, 3.05) is 5.75 Å². The second-order valence-electron chi connectivity index (χ2n) is 8.62. The first-order valence-electron chi connectivity index (χ1n) is 11.2. The monoisotopic (exact) mass is 449 g/mol. The van der Waals surface area contributed by atoms with E-state index in [2.05, 4.69) is 36.4 Å². The predicted molar refractivity (Wildman–Crippen MR) is 134 cm³/mol. The molecule has 2 aromatic heterocycles. The molecule has 0 aliphatic heterocycles. The average Bonchev–Trinajstić information content (AvgIpc) is 3.40. The second-order valence-corrected chi connectivity index (χ2v) is 9.62. The number of Topliss-reactive ketones (excluding diaryl/α,β-unsaturated/α-hetero) is 1. The van der Waals surface area contributed by atoms with Gasteiger partial charge in [0.2, 0.25) is 0 Å². The molecular weight excluding hydrogens is 426 g/mol. The summed E-state index contributed by atoms with van der Waals surface area (Å²) in [6.45, 7) is 4.00. The van der Waals surface area contributed by atoms with E-state index in [4.69, 9.17) is 10.1 Å². The lowest BCUT2D eigenvalue weighted by molar-refractivity contribution is 0.102. The van der Waals surface area contributed by atoms with Crippen LogP contribution in [0.5, 0.6) is 0 Å². The van der Waals surface area contributed by atoms with Gasteiger partial charge in [-0.3, -0.25) is 4.79 Å². The van der Waals surface area contributed by atoms with Crippen LogP contribution < -0.4 is 0 Å². The number of thioether (sulfide) groups is 1. The lowest BCUT2D eigenvalue weighted by atomic mass is 9.98. The number of ketones is 1. The van der Waals surface area contributed by atoms with Crippen LogP contribution in [0.2, 0.25) is 0 Å². The molecule has 0 atom stereocenters. The Labute approximate surface area is 196 Å². The Hall–Kier alpha value is -3.44. The molecule has 0 unspecified atom stereocenters. The molecule has 0 saturated carbocycles. The molecule has 0 N–H and O–H groups in total. The maximum Gasteiger partial charge on any atom is 0.173 e. The molecule has 1 aliphatic rings. The van der Waals surface area contributed by atoms with Crippen LogP contribution in [-0.4, -0.2) is 26.1 Å². The SMILES string of the molecule is Cc1cc(SCC(=O)c2ccc3c4c(cccc24)CC3)n2nc(C)c(-c3ccccc3)c2n1. The predicted octanol–water partition coefficient (Wildman–Crippen LogP) is 6.24. The van der Waals surface area contributed by atoms with E-state index in [9.17, 15) is 4.79 Å². The van der Waals surface area contributed by atoms with Gasteiger partial charge in [-0.25, -0.2) is 9.50 Å². The van der Waals surface area contributed by atoms with Gasteiger partial charge in [0, 0.05) is 16.8 Å². The zero-order valence-electron chi connectivity index (χ0n) is 18.6. The molecule has 3 aromatic carbocycles. The Bertz CT molecular complexity index is 1540. The molecule has 162 valence electrons. The van der Waals surface area contributed by atoms with Crippen LogP contribution in [0, 0.1) is 13.8 Å². The van der Waals surface area contributed by atoms with Crippen LogP contribution in [-0.2, 0) is 12.8 Å². The van der Waals surface area contributed by atoms with E-state index in [1.807, 2.05) is 48.7 Å². The molecule has 5 aromatic rings. The van der Waals surface area contributed by atoms with Gasteiger partial charge in [-0.05, 0) is 60.2 Å². The van der Waals surface area contributed by atoms with Gasteiger partial charge in [0.1, 0.15) is 5.03 Å². The number of carbonyl (C=O) groups is 1. The second kappa shape index (κ2) is 7.85. The summed E-state index contributed by atoms with van der Waals surface area (Å²) in [4.78, 5) is 18.1. The number of nitrogens with zero attached hydrogens (tertiary/aromatic N) is 3. The number of fused-ring (bicyclic) bond motifs is 1. The van der Waals surface area contributed by atoms with Gasteiger partial charge < -0.3 is 0 Å². The number of aromatic nitrogens is 3. The van der Waals surface area contributed by atoms with Crippen LogP contribution in [0.15, 0.2) is 71.8 Å². The highest BCUT2D eigenvalue weighted by Crippen LogP contribution is 2.34. The minimum absolute atomic E-state index is 0.144. The van der Waals surface area contributed by atoms with E-state index < -0.39 is 0 Å². The number of rotatable bonds is 5. The highest BCUT2D eigenvalue weighted by Gasteiger charge is 2.20. The van der Waals surface area contributed by atoms with Crippen molar-refractivity contribution >= 4 is 34.0 Å². The van der Waals surface area contributed by atoms with E-state index in [0.29, 0.717) is 5.75 Å². The highest BCUT2D eigenvalue weighted by molar-refractivity contribution is 8.00. The average molecular weight is 450 g/mol. The van der Waals surface area contributed by atoms with Gasteiger partial charge in [0.15, 0.2) is 11.4 Å². The van der Waals surface area contributed by atoms with Gasteiger partial charge in [0.05, 0.1) is 11.4 Å². The van der Waals surface area contributed by atoms with Gasteiger partial charge in [-0.1, -0.05) is 72.4 Å². The van der Waals surface area contributed by atoms with Crippen molar-refractivity contribution in [3.63, 3.8) is 0 Å². The molecule has 6 rings (SSSR count). The number of carbonyl (C=O) groups excluding carboxylic acids is 1. The summed E-state index contributed by atoms with van der Waals surface area (Å²) in [5.41, 5.74) is 8.35. The molecule has 0 amide bonds. The zero-order valence-corrected chi connectivity index (χ0v) is 19.4. The molecule has 0 spiro atoms. The standard InChI is InChI=1S/C28H23N3OS/c1-17-15-25(31-28(29-17)26(18(2)30-31)19-7-4-3-5-8-19)33-16-24(32)22-14-13-21-12-11-20-9-6-10-23(22)27(20)21/h3-10,13-15H,11-12,16H2,1-2H3. The first-order chi connectivity index (χ1) is 16.1. The van der Waals surface area contributed by atoms with E-state index in [-0.39, 0.29) is 5.78 Å². The molecule has 0 bridgehead atoms.